The van der Waals surface area contributed by atoms with Crippen LogP contribution in [0.4, 0.5) is 5.69 Å². The lowest BCUT2D eigenvalue weighted by Crippen LogP contribution is -2.05. The van der Waals surface area contributed by atoms with Gasteiger partial charge in [-0.25, -0.2) is 0 Å². The fourth-order valence-electron chi connectivity index (χ4n) is 2.37. The molecule has 0 fully saturated rings. The number of nitrogens with one attached hydrogen (secondary N) is 1. The zero-order chi connectivity index (χ0) is 15.4. The van der Waals surface area contributed by atoms with Crippen LogP contribution in [-0.2, 0) is 18.0 Å². The lowest BCUT2D eigenvalue weighted by atomic mass is 9.96. The van der Waals surface area contributed by atoms with E-state index in [4.69, 9.17) is 0 Å². The average Bonchev–Trinajstić information content (AvgIpc) is 2.46. The van der Waals surface area contributed by atoms with Gasteiger partial charge in [0.1, 0.15) is 0 Å². The molecule has 0 aliphatic carbocycles. The van der Waals surface area contributed by atoms with Crippen molar-refractivity contribution in [1.82, 2.24) is 0 Å². The van der Waals surface area contributed by atoms with Gasteiger partial charge in [0.25, 0.3) is 0 Å². The van der Waals surface area contributed by atoms with Crippen LogP contribution in [0.2, 0.25) is 0 Å². The first kappa shape index (κ1) is 15.2. The summed E-state index contributed by atoms with van der Waals surface area (Å²) in [6.45, 7) is 3.31. The molecule has 0 aliphatic rings. The molecule has 2 aromatic carbocycles. The number of hydrogen-bond acceptors (Lipinski definition) is 3. The number of benzene rings is 2. The number of amides is 1. The van der Waals surface area contributed by atoms with Crippen LogP contribution in [0.3, 0.4) is 0 Å². The molecule has 0 aliphatic heterocycles. The minimum absolute atomic E-state index is 0.0656. The van der Waals surface area contributed by atoms with E-state index in [1.165, 1.54) is 6.92 Å². The number of carbonyl (C=O) groups excluding carboxylic acids is 1. The Balaban J connectivity index is 2.44. The number of anilines is 1. The zero-order valence-electron chi connectivity index (χ0n) is 12.2. The van der Waals surface area contributed by atoms with Crippen LogP contribution < -0.4 is 5.32 Å². The summed E-state index contributed by atoms with van der Waals surface area (Å²) in [4.78, 5) is 11.1. The normalized spacial score (nSPS) is 10.5. The molecule has 0 bridgehead atoms. The molecular weight excluding hydrogens is 266 g/mol. The van der Waals surface area contributed by atoms with Gasteiger partial charge in [0, 0.05) is 12.6 Å². The number of rotatable bonds is 4. The highest BCUT2D eigenvalue weighted by Crippen LogP contribution is 2.28. The van der Waals surface area contributed by atoms with Crippen molar-refractivity contribution in [2.24, 2.45) is 0 Å². The summed E-state index contributed by atoms with van der Waals surface area (Å²) in [6.07, 6.45) is 0. The Kier molecular flexibility index (Phi) is 4.73. The molecule has 4 nitrogen and oxygen atoms in total. The highest BCUT2D eigenvalue weighted by Gasteiger charge is 2.07. The van der Waals surface area contributed by atoms with E-state index >= 15 is 0 Å². The van der Waals surface area contributed by atoms with Crippen molar-refractivity contribution >= 4 is 11.6 Å². The predicted octanol–water partition coefficient (Wildman–Crippen LogP) is 2.61. The fourth-order valence-corrected chi connectivity index (χ4v) is 2.37. The largest absolute Gasteiger partial charge is 0.392 e. The van der Waals surface area contributed by atoms with Gasteiger partial charge < -0.3 is 15.5 Å². The molecular formula is C17H19NO3. The molecule has 0 atom stereocenters. The lowest BCUT2D eigenvalue weighted by Gasteiger charge is -2.12. The summed E-state index contributed by atoms with van der Waals surface area (Å²) in [5.74, 6) is -0.105. The van der Waals surface area contributed by atoms with Crippen LogP contribution in [0.5, 0.6) is 0 Å². The first-order valence-electron chi connectivity index (χ1n) is 6.76. The number of aryl methyl sites for hydroxylation is 1. The summed E-state index contributed by atoms with van der Waals surface area (Å²) in [7, 11) is 0. The molecule has 0 aromatic heterocycles. The van der Waals surface area contributed by atoms with Gasteiger partial charge in [-0.1, -0.05) is 12.1 Å². The van der Waals surface area contributed by atoms with Gasteiger partial charge in [-0.3, -0.25) is 4.79 Å². The van der Waals surface area contributed by atoms with Crippen molar-refractivity contribution in [3.05, 3.63) is 53.1 Å². The Bertz CT molecular complexity index is 643. The van der Waals surface area contributed by atoms with Crippen LogP contribution in [0.15, 0.2) is 36.4 Å². The molecule has 21 heavy (non-hydrogen) atoms. The van der Waals surface area contributed by atoms with E-state index < -0.39 is 0 Å². The Morgan fingerprint density at radius 2 is 1.67 bits per heavy atom. The molecule has 110 valence electrons. The van der Waals surface area contributed by atoms with Crippen LogP contribution in [0.1, 0.15) is 23.6 Å². The van der Waals surface area contributed by atoms with Crippen molar-refractivity contribution < 1.29 is 15.0 Å². The van der Waals surface area contributed by atoms with Gasteiger partial charge in [0.15, 0.2) is 0 Å². The van der Waals surface area contributed by atoms with E-state index in [-0.39, 0.29) is 19.1 Å². The third kappa shape index (κ3) is 3.68. The number of aliphatic hydroxyl groups is 2. The van der Waals surface area contributed by atoms with Crippen LogP contribution in [-0.4, -0.2) is 16.1 Å². The molecule has 0 saturated carbocycles. The molecule has 0 unspecified atom stereocenters. The standard InChI is InChI=1S/C17H19NO3/c1-11-5-16(18-12(2)21)3-4-17(11)15-7-13(9-19)6-14(8-15)10-20/h3-8,19-20H,9-10H2,1-2H3,(H,18,21). The Labute approximate surface area is 124 Å². The number of aliphatic hydroxyl groups excluding tert-OH is 2. The molecule has 4 heteroatoms. The lowest BCUT2D eigenvalue weighted by molar-refractivity contribution is -0.114. The number of hydrogen-bond donors (Lipinski definition) is 3. The maximum Gasteiger partial charge on any atom is 0.221 e. The van der Waals surface area contributed by atoms with Crippen molar-refractivity contribution in [3.63, 3.8) is 0 Å². The van der Waals surface area contributed by atoms with Gasteiger partial charge in [-0.15, -0.1) is 0 Å². The SMILES string of the molecule is CC(=O)Nc1ccc(-c2cc(CO)cc(CO)c2)c(C)c1. The third-order valence-electron chi connectivity index (χ3n) is 3.28. The van der Waals surface area contributed by atoms with Crippen molar-refractivity contribution in [2.45, 2.75) is 27.1 Å². The number of carbonyl (C=O) groups is 1. The molecule has 3 N–H and O–H groups in total. The zero-order valence-corrected chi connectivity index (χ0v) is 12.2. The fraction of sp³-hybridized carbons (Fsp3) is 0.235. The van der Waals surface area contributed by atoms with Gasteiger partial charge in [0.05, 0.1) is 13.2 Å². The first-order valence-corrected chi connectivity index (χ1v) is 6.76. The highest BCUT2D eigenvalue weighted by molar-refractivity contribution is 5.89. The second-order valence-corrected chi connectivity index (χ2v) is 5.07. The smallest absolute Gasteiger partial charge is 0.221 e. The minimum Gasteiger partial charge on any atom is -0.392 e. The van der Waals surface area contributed by atoms with Crippen molar-refractivity contribution in [1.29, 1.82) is 0 Å². The van der Waals surface area contributed by atoms with E-state index in [2.05, 4.69) is 5.32 Å². The second-order valence-electron chi connectivity index (χ2n) is 5.07. The summed E-state index contributed by atoms with van der Waals surface area (Å²) < 4.78 is 0. The maximum absolute atomic E-state index is 11.1. The minimum atomic E-state index is -0.105. The molecule has 0 heterocycles. The summed E-state index contributed by atoms with van der Waals surface area (Å²) in [5, 5.41) is 21.4. The third-order valence-corrected chi connectivity index (χ3v) is 3.28. The van der Waals surface area contributed by atoms with Gasteiger partial charge in [0.2, 0.25) is 5.91 Å². The Morgan fingerprint density at radius 3 is 2.14 bits per heavy atom. The van der Waals surface area contributed by atoms with E-state index in [0.717, 1.165) is 33.5 Å². The van der Waals surface area contributed by atoms with E-state index in [1.54, 1.807) is 6.07 Å². The van der Waals surface area contributed by atoms with E-state index in [9.17, 15) is 15.0 Å². The molecule has 2 aromatic rings. The Hall–Kier alpha value is -2.17. The summed E-state index contributed by atoms with van der Waals surface area (Å²) in [6, 6.07) is 11.3. The molecule has 1 amide bonds. The van der Waals surface area contributed by atoms with Crippen LogP contribution >= 0.6 is 0 Å². The topological polar surface area (TPSA) is 69.6 Å². The van der Waals surface area contributed by atoms with Crippen molar-refractivity contribution in [2.75, 3.05) is 5.32 Å². The molecule has 2 rings (SSSR count). The second kappa shape index (κ2) is 6.52. The van der Waals surface area contributed by atoms with Gasteiger partial charge >= 0.3 is 0 Å². The quantitative estimate of drug-likeness (QED) is 0.808. The first-order chi connectivity index (χ1) is 10.0. The Morgan fingerprint density at radius 1 is 1.05 bits per heavy atom. The van der Waals surface area contributed by atoms with Gasteiger partial charge in [-0.05, 0) is 59.0 Å². The van der Waals surface area contributed by atoms with Crippen LogP contribution in [0, 0.1) is 6.92 Å². The predicted molar refractivity (Wildman–Crippen MR) is 82.8 cm³/mol. The molecule has 0 spiro atoms. The monoisotopic (exact) mass is 285 g/mol. The van der Waals surface area contributed by atoms with Crippen molar-refractivity contribution in [3.8, 4) is 11.1 Å². The van der Waals surface area contributed by atoms with Crippen LogP contribution in [0.25, 0.3) is 11.1 Å². The molecule has 0 saturated heterocycles. The average molecular weight is 285 g/mol. The summed E-state index contributed by atoms with van der Waals surface area (Å²) >= 11 is 0. The van der Waals surface area contributed by atoms with E-state index in [1.807, 2.05) is 37.3 Å². The highest BCUT2D eigenvalue weighted by atomic mass is 16.3. The summed E-state index contributed by atoms with van der Waals surface area (Å²) in [5.41, 5.74) is 5.25. The van der Waals surface area contributed by atoms with Gasteiger partial charge in [-0.2, -0.15) is 0 Å². The molecule has 0 radical (unpaired) electrons. The maximum atomic E-state index is 11.1. The van der Waals surface area contributed by atoms with E-state index in [0.29, 0.717) is 0 Å².